The number of rotatable bonds is 3. The fraction of sp³-hybridized carbons (Fsp3) is 0.0909. The third-order valence-corrected chi connectivity index (χ3v) is 4.77. The van der Waals surface area contributed by atoms with Crippen molar-refractivity contribution in [2.45, 2.75) is 11.8 Å². The molecule has 0 fully saturated rings. The van der Waals surface area contributed by atoms with Gasteiger partial charge in [0.05, 0.1) is 11.3 Å². The maximum absolute atomic E-state index is 14.4. The standard InChI is InChI=1S/C22H13F4NO3/c23-15-12-10-14(11-13-15)19(28)30-21(22(24,25)26)17-8-4-5-9-18(17)27(20(21)29)16-6-2-1-3-7-16/h1-13H. The molecule has 0 aliphatic carbocycles. The van der Waals surface area contributed by atoms with E-state index in [1.165, 1.54) is 30.3 Å². The highest BCUT2D eigenvalue weighted by Crippen LogP contribution is 2.54. The van der Waals surface area contributed by atoms with Gasteiger partial charge in [0.15, 0.2) is 0 Å². The summed E-state index contributed by atoms with van der Waals surface area (Å²) >= 11 is 0. The van der Waals surface area contributed by atoms with Gasteiger partial charge in [0.1, 0.15) is 5.82 Å². The molecule has 0 saturated heterocycles. The van der Waals surface area contributed by atoms with Gasteiger partial charge >= 0.3 is 17.7 Å². The van der Waals surface area contributed by atoms with E-state index in [1.54, 1.807) is 18.2 Å². The number of anilines is 2. The van der Waals surface area contributed by atoms with E-state index in [9.17, 15) is 27.2 Å². The quantitative estimate of drug-likeness (QED) is 0.441. The van der Waals surface area contributed by atoms with Crippen LogP contribution in [0.2, 0.25) is 0 Å². The number of carbonyl (C=O) groups is 2. The van der Waals surface area contributed by atoms with E-state index in [0.29, 0.717) is 0 Å². The summed E-state index contributed by atoms with van der Waals surface area (Å²) in [6.07, 6.45) is -5.25. The van der Waals surface area contributed by atoms with Crippen molar-refractivity contribution in [1.82, 2.24) is 0 Å². The molecule has 1 atom stereocenters. The van der Waals surface area contributed by atoms with Gasteiger partial charge in [0, 0.05) is 11.3 Å². The minimum Gasteiger partial charge on any atom is -0.430 e. The van der Waals surface area contributed by atoms with Gasteiger partial charge in [-0.05, 0) is 42.5 Å². The lowest BCUT2D eigenvalue weighted by Crippen LogP contribution is -2.53. The number of nitrogens with zero attached hydrogens (tertiary/aromatic N) is 1. The Morgan fingerprint density at radius 3 is 2.10 bits per heavy atom. The lowest BCUT2D eigenvalue weighted by Gasteiger charge is -2.30. The Bertz CT molecular complexity index is 1110. The predicted octanol–water partition coefficient (Wildman–Crippen LogP) is 5.12. The molecule has 0 spiro atoms. The van der Waals surface area contributed by atoms with E-state index in [4.69, 9.17) is 4.74 Å². The second kappa shape index (κ2) is 6.98. The van der Waals surface area contributed by atoms with Gasteiger partial charge in [-0.25, -0.2) is 9.18 Å². The van der Waals surface area contributed by atoms with Crippen LogP contribution in [0.3, 0.4) is 0 Å². The summed E-state index contributed by atoms with van der Waals surface area (Å²) in [6, 6.07) is 16.8. The highest BCUT2D eigenvalue weighted by atomic mass is 19.4. The van der Waals surface area contributed by atoms with Crippen molar-refractivity contribution >= 4 is 23.3 Å². The molecule has 30 heavy (non-hydrogen) atoms. The molecular formula is C22H13F4NO3. The largest absolute Gasteiger partial charge is 0.442 e. The van der Waals surface area contributed by atoms with Gasteiger partial charge in [-0.15, -0.1) is 0 Å². The number of amides is 1. The Balaban J connectivity index is 1.88. The molecular weight excluding hydrogens is 402 g/mol. The lowest BCUT2D eigenvalue weighted by atomic mass is 9.94. The molecule has 4 rings (SSSR count). The molecule has 152 valence electrons. The summed E-state index contributed by atoms with van der Waals surface area (Å²) in [7, 11) is 0. The predicted molar refractivity (Wildman–Crippen MR) is 99.6 cm³/mol. The zero-order chi connectivity index (χ0) is 21.5. The topological polar surface area (TPSA) is 46.6 Å². The van der Waals surface area contributed by atoms with E-state index in [2.05, 4.69) is 0 Å². The number of halogens is 4. The summed E-state index contributed by atoms with van der Waals surface area (Å²) < 4.78 is 61.2. The average molecular weight is 415 g/mol. The maximum atomic E-state index is 14.4. The molecule has 3 aromatic carbocycles. The van der Waals surface area contributed by atoms with Crippen LogP contribution in [-0.2, 0) is 15.1 Å². The number of esters is 1. The number of ether oxygens (including phenoxy) is 1. The van der Waals surface area contributed by atoms with Gasteiger partial charge in [-0.2, -0.15) is 13.2 Å². The highest BCUT2D eigenvalue weighted by molar-refractivity contribution is 6.13. The van der Waals surface area contributed by atoms with Crippen molar-refractivity contribution in [3.8, 4) is 0 Å². The minimum atomic E-state index is -5.25. The normalized spacial score (nSPS) is 18.3. The van der Waals surface area contributed by atoms with Gasteiger partial charge in [-0.3, -0.25) is 9.69 Å². The van der Waals surface area contributed by atoms with E-state index < -0.39 is 35.0 Å². The molecule has 1 amide bonds. The Hall–Kier alpha value is -3.68. The molecule has 8 heteroatoms. The number of alkyl halides is 3. The van der Waals surface area contributed by atoms with E-state index >= 15 is 0 Å². The molecule has 0 N–H and O–H groups in total. The van der Waals surface area contributed by atoms with Crippen LogP contribution in [0.25, 0.3) is 0 Å². The summed E-state index contributed by atoms with van der Waals surface area (Å²) in [6.45, 7) is 0. The Labute approximate surface area is 168 Å². The zero-order valence-corrected chi connectivity index (χ0v) is 15.2. The number of hydrogen-bond donors (Lipinski definition) is 0. The van der Waals surface area contributed by atoms with Crippen LogP contribution >= 0.6 is 0 Å². The molecule has 1 aliphatic heterocycles. The van der Waals surface area contributed by atoms with Crippen LogP contribution in [0.1, 0.15) is 15.9 Å². The first-order valence-electron chi connectivity index (χ1n) is 8.80. The van der Waals surface area contributed by atoms with Crippen molar-refractivity contribution in [3.05, 3.63) is 95.8 Å². The molecule has 0 radical (unpaired) electrons. The van der Waals surface area contributed by atoms with Crippen LogP contribution in [0.4, 0.5) is 28.9 Å². The van der Waals surface area contributed by atoms with Crippen molar-refractivity contribution in [3.63, 3.8) is 0 Å². The van der Waals surface area contributed by atoms with Crippen molar-refractivity contribution in [2.75, 3.05) is 4.90 Å². The zero-order valence-electron chi connectivity index (χ0n) is 15.2. The smallest absolute Gasteiger partial charge is 0.430 e. The van der Waals surface area contributed by atoms with Crippen molar-refractivity contribution < 1.29 is 31.9 Å². The Morgan fingerprint density at radius 1 is 0.867 bits per heavy atom. The van der Waals surface area contributed by atoms with Crippen molar-refractivity contribution in [2.24, 2.45) is 0 Å². The highest BCUT2D eigenvalue weighted by Gasteiger charge is 2.71. The van der Waals surface area contributed by atoms with Crippen LogP contribution in [0.5, 0.6) is 0 Å². The molecule has 1 aliphatic rings. The van der Waals surface area contributed by atoms with E-state index in [0.717, 1.165) is 35.2 Å². The third kappa shape index (κ3) is 2.92. The second-order valence-electron chi connectivity index (χ2n) is 6.57. The molecule has 1 heterocycles. The fourth-order valence-electron chi connectivity index (χ4n) is 3.40. The number of hydrogen-bond acceptors (Lipinski definition) is 3. The lowest BCUT2D eigenvalue weighted by molar-refractivity contribution is -0.252. The van der Waals surface area contributed by atoms with Crippen LogP contribution < -0.4 is 4.90 Å². The molecule has 0 saturated carbocycles. The summed E-state index contributed by atoms with van der Waals surface area (Å²) in [5.74, 6) is -3.53. The number of fused-ring (bicyclic) bond motifs is 1. The first-order valence-corrected chi connectivity index (χ1v) is 8.80. The van der Waals surface area contributed by atoms with Crippen molar-refractivity contribution in [1.29, 1.82) is 0 Å². The third-order valence-electron chi connectivity index (χ3n) is 4.77. The average Bonchev–Trinajstić information content (AvgIpc) is 2.98. The number of benzene rings is 3. The summed E-state index contributed by atoms with van der Waals surface area (Å²) in [5.41, 5.74) is -4.20. The first-order chi connectivity index (χ1) is 14.3. The molecule has 3 aromatic rings. The van der Waals surface area contributed by atoms with E-state index in [1.807, 2.05) is 0 Å². The van der Waals surface area contributed by atoms with E-state index in [-0.39, 0.29) is 16.9 Å². The van der Waals surface area contributed by atoms with Crippen LogP contribution in [-0.4, -0.2) is 18.1 Å². The second-order valence-corrected chi connectivity index (χ2v) is 6.57. The van der Waals surface area contributed by atoms with Gasteiger partial charge in [-0.1, -0.05) is 36.4 Å². The Kier molecular flexibility index (Phi) is 4.57. The Morgan fingerprint density at radius 2 is 1.47 bits per heavy atom. The molecule has 0 bridgehead atoms. The molecule has 1 unspecified atom stereocenters. The maximum Gasteiger partial charge on any atom is 0.442 e. The van der Waals surface area contributed by atoms with Crippen LogP contribution in [0, 0.1) is 5.82 Å². The SMILES string of the molecule is O=C(OC1(C(F)(F)F)C(=O)N(c2ccccc2)c2ccccc21)c1ccc(F)cc1. The molecule has 4 nitrogen and oxygen atoms in total. The fourth-order valence-corrected chi connectivity index (χ4v) is 3.40. The monoisotopic (exact) mass is 415 g/mol. The summed E-state index contributed by atoms with van der Waals surface area (Å²) in [5, 5.41) is 0. The first kappa shape index (κ1) is 19.6. The number of para-hydroxylation sites is 2. The summed E-state index contributed by atoms with van der Waals surface area (Å²) in [4.78, 5) is 26.6. The van der Waals surface area contributed by atoms with Gasteiger partial charge in [0.25, 0.3) is 5.91 Å². The van der Waals surface area contributed by atoms with Gasteiger partial charge < -0.3 is 4.74 Å². The van der Waals surface area contributed by atoms with Crippen LogP contribution in [0.15, 0.2) is 78.9 Å². The minimum absolute atomic E-state index is 0.0436. The van der Waals surface area contributed by atoms with Gasteiger partial charge in [0.2, 0.25) is 0 Å². The molecule has 0 aromatic heterocycles. The number of carbonyl (C=O) groups excluding carboxylic acids is 2.